The maximum atomic E-state index is 12.7. The molecule has 0 spiro atoms. The van der Waals surface area contributed by atoms with Crippen molar-refractivity contribution in [1.82, 2.24) is 14.9 Å². The first-order valence-electron chi connectivity index (χ1n) is 7.19. The standard InChI is InChI=1S/C15H24N4O/c1-10(2)13-12(7-17-11(3)18-13)14(20)19-6-5-15(4,8-16)9-19/h7,10H,5-6,8-9,16H2,1-4H3. The molecule has 0 saturated carbocycles. The highest BCUT2D eigenvalue weighted by Gasteiger charge is 2.36. The summed E-state index contributed by atoms with van der Waals surface area (Å²) in [6.07, 6.45) is 2.62. The van der Waals surface area contributed by atoms with Crippen molar-refractivity contribution in [3.8, 4) is 0 Å². The van der Waals surface area contributed by atoms with Crippen LogP contribution in [0.3, 0.4) is 0 Å². The number of aromatic nitrogens is 2. The molecule has 0 aromatic carbocycles. The van der Waals surface area contributed by atoms with Gasteiger partial charge in [-0.25, -0.2) is 9.97 Å². The second kappa shape index (κ2) is 5.48. The van der Waals surface area contributed by atoms with Gasteiger partial charge in [-0.05, 0) is 31.2 Å². The van der Waals surface area contributed by atoms with Gasteiger partial charge in [-0.1, -0.05) is 20.8 Å². The first-order chi connectivity index (χ1) is 9.36. The van der Waals surface area contributed by atoms with Gasteiger partial charge in [0.25, 0.3) is 5.91 Å². The molecule has 5 nitrogen and oxygen atoms in total. The second-order valence-corrected chi connectivity index (χ2v) is 6.36. The Balaban J connectivity index is 2.26. The fraction of sp³-hybridized carbons (Fsp3) is 0.667. The summed E-state index contributed by atoms with van der Waals surface area (Å²) >= 11 is 0. The van der Waals surface area contributed by atoms with Crippen molar-refractivity contribution < 1.29 is 4.79 Å². The Bertz CT molecular complexity index is 515. The zero-order chi connectivity index (χ0) is 14.9. The van der Waals surface area contributed by atoms with Crippen molar-refractivity contribution in [3.63, 3.8) is 0 Å². The summed E-state index contributed by atoms with van der Waals surface area (Å²) in [6, 6.07) is 0. The van der Waals surface area contributed by atoms with Gasteiger partial charge in [-0.15, -0.1) is 0 Å². The first-order valence-corrected chi connectivity index (χ1v) is 7.19. The Morgan fingerprint density at radius 3 is 2.80 bits per heavy atom. The first kappa shape index (κ1) is 14.9. The van der Waals surface area contributed by atoms with E-state index in [-0.39, 0.29) is 17.2 Å². The van der Waals surface area contributed by atoms with Gasteiger partial charge in [0.05, 0.1) is 11.3 Å². The molecule has 1 atom stereocenters. The lowest BCUT2D eigenvalue weighted by Gasteiger charge is -2.23. The third-order valence-electron chi connectivity index (χ3n) is 4.05. The summed E-state index contributed by atoms with van der Waals surface area (Å²) in [5.41, 5.74) is 7.31. The van der Waals surface area contributed by atoms with E-state index in [1.54, 1.807) is 6.20 Å². The van der Waals surface area contributed by atoms with Gasteiger partial charge in [0, 0.05) is 19.3 Å². The van der Waals surface area contributed by atoms with Crippen molar-refractivity contribution >= 4 is 5.91 Å². The van der Waals surface area contributed by atoms with Crippen LogP contribution in [0.2, 0.25) is 0 Å². The van der Waals surface area contributed by atoms with Gasteiger partial charge in [-0.3, -0.25) is 4.79 Å². The Hall–Kier alpha value is -1.49. The zero-order valence-corrected chi connectivity index (χ0v) is 12.8. The summed E-state index contributed by atoms with van der Waals surface area (Å²) in [4.78, 5) is 23.2. The van der Waals surface area contributed by atoms with Gasteiger partial charge in [-0.2, -0.15) is 0 Å². The summed E-state index contributed by atoms with van der Waals surface area (Å²) in [7, 11) is 0. The van der Waals surface area contributed by atoms with Gasteiger partial charge in [0.1, 0.15) is 5.82 Å². The average molecular weight is 276 g/mol. The monoisotopic (exact) mass is 276 g/mol. The maximum Gasteiger partial charge on any atom is 0.257 e. The molecule has 5 heteroatoms. The predicted molar refractivity (Wildman–Crippen MR) is 78.5 cm³/mol. The predicted octanol–water partition coefficient (Wildman–Crippen LogP) is 1.72. The summed E-state index contributed by atoms with van der Waals surface area (Å²) in [5, 5.41) is 0. The number of hydrogen-bond donors (Lipinski definition) is 1. The van der Waals surface area contributed by atoms with Crippen molar-refractivity contribution in [2.45, 2.75) is 40.0 Å². The average Bonchev–Trinajstić information content (AvgIpc) is 2.81. The lowest BCUT2D eigenvalue weighted by Crippen LogP contribution is -2.35. The number of hydrogen-bond acceptors (Lipinski definition) is 4. The number of nitrogens with two attached hydrogens (primary N) is 1. The molecular weight excluding hydrogens is 252 g/mol. The highest BCUT2D eigenvalue weighted by molar-refractivity contribution is 5.95. The van der Waals surface area contributed by atoms with E-state index in [0.29, 0.717) is 24.5 Å². The Kier molecular flexibility index (Phi) is 4.09. The van der Waals surface area contributed by atoms with E-state index in [1.165, 1.54) is 0 Å². The molecule has 0 aliphatic carbocycles. The quantitative estimate of drug-likeness (QED) is 0.912. The highest BCUT2D eigenvalue weighted by Crippen LogP contribution is 2.30. The Morgan fingerprint density at radius 2 is 2.25 bits per heavy atom. The minimum atomic E-state index is 0.0332. The molecule has 1 unspecified atom stereocenters. The fourth-order valence-corrected chi connectivity index (χ4v) is 2.63. The maximum absolute atomic E-state index is 12.7. The fourth-order valence-electron chi connectivity index (χ4n) is 2.63. The minimum absolute atomic E-state index is 0.0332. The molecule has 0 bridgehead atoms. The van der Waals surface area contributed by atoms with Crippen LogP contribution < -0.4 is 5.73 Å². The third-order valence-corrected chi connectivity index (χ3v) is 4.05. The van der Waals surface area contributed by atoms with Gasteiger partial charge < -0.3 is 10.6 Å². The molecule has 1 aromatic rings. The largest absolute Gasteiger partial charge is 0.338 e. The lowest BCUT2D eigenvalue weighted by molar-refractivity contribution is 0.0774. The van der Waals surface area contributed by atoms with E-state index < -0.39 is 0 Å². The number of carbonyl (C=O) groups is 1. The molecule has 1 saturated heterocycles. The Morgan fingerprint density at radius 1 is 1.55 bits per heavy atom. The summed E-state index contributed by atoms with van der Waals surface area (Å²) in [5.74, 6) is 0.948. The number of aryl methyl sites for hydroxylation is 1. The number of carbonyl (C=O) groups excluding carboxylic acids is 1. The number of amides is 1. The number of nitrogens with zero attached hydrogens (tertiary/aromatic N) is 3. The summed E-state index contributed by atoms with van der Waals surface area (Å²) < 4.78 is 0. The molecule has 110 valence electrons. The van der Waals surface area contributed by atoms with Crippen molar-refractivity contribution in [2.75, 3.05) is 19.6 Å². The van der Waals surface area contributed by atoms with Crippen LogP contribution in [0.4, 0.5) is 0 Å². The van der Waals surface area contributed by atoms with Gasteiger partial charge in [0.2, 0.25) is 0 Å². The van der Waals surface area contributed by atoms with Crippen LogP contribution in [0.25, 0.3) is 0 Å². The SMILES string of the molecule is Cc1ncc(C(=O)N2CCC(C)(CN)C2)c(C(C)C)n1. The molecular formula is C15H24N4O. The molecule has 0 radical (unpaired) electrons. The van der Waals surface area contributed by atoms with Crippen molar-refractivity contribution in [1.29, 1.82) is 0 Å². The van der Waals surface area contributed by atoms with Crippen LogP contribution in [0, 0.1) is 12.3 Å². The summed E-state index contributed by atoms with van der Waals surface area (Å²) in [6.45, 7) is 10.2. The molecule has 2 heterocycles. The molecule has 1 aromatic heterocycles. The third kappa shape index (κ3) is 2.82. The van der Waals surface area contributed by atoms with E-state index in [2.05, 4.69) is 16.9 Å². The molecule has 2 rings (SSSR count). The Labute approximate surface area is 120 Å². The highest BCUT2D eigenvalue weighted by atomic mass is 16.2. The smallest absolute Gasteiger partial charge is 0.257 e. The van der Waals surface area contributed by atoms with E-state index in [4.69, 9.17) is 5.73 Å². The van der Waals surface area contributed by atoms with Crippen LogP contribution in [0.1, 0.15) is 55.0 Å². The molecule has 1 amide bonds. The van der Waals surface area contributed by atoms with Crippen LogP contribution in [0.15, 0.2) is 6.20 Å². The molecule has 2 N–H and O–H groups in total. The van der Waals surface area contributed by atoms with E-state index >= 15 is 0 Å². The van der Waals surface area contributed by atoms with Gasteiger partial charge >= 0.3 is 0 Å². The molecule has 1 aliphatic rings. The number of rotatable bonds is 3. The van der Waals surface area contributed by atoms with Crippen LogP contribution >= 0.6 is 0 Å². The van der Waals surface area contributed by atoms with Crippen LogP contribution in [-0.4, -0.2) is 40.4 Å². The minimum Gasteiger partial charge on any atom is -0.338 e. The van der Waals surface area contributed by atoms with E-state index in [0.717, 1.165) is 18.7 Å². The van der Waals surface area contributed by atoms with E-state index in [9.17, 15) is 4.79 Å². The molecule has 20 heavy (non-hydrogen) atoms. The van der Waals surface area contributed by atoms with Crippen molar-refractivity contribution in [3.05, 3.63) is 23.3 Å². The zero-order valence-electron chi connectivity index (χ0n) is 12.8. The van der Waals surface area contributed by atoms with Crippen LogP contribution in [-0.2, 0) is 0 Å². The second-order valence-electron chi connectivity index (χ2n) is 6.36. The topological polar surface area (TPSA) is 72.1 Å². The van der Waals surface area contributed by atoms with Crippen molar-refractivity contribution in [2.24, 2.45) is 11.1 Å². The van der Waals surface area contributed by atoms with E-state index in [1.807, 2.05) is 25.7 Å². The normalized spacial score (nSPS) is 22.6. The molecule has 1 fully saturated rings. The molecule has 1 aliphatic heterocycles. The van der Waals surface area contributed by atoms with Gasteiger partial charge in [0.15, 0.2) is 0 Å². The van der Waals surface area contributed by atoms with Crippen LogP contribution in [0.5, 0.6) is 0 Å². The lowest BCUT2D eigenvalue weighted by atomic mass is 9.90. The number of likely N-dealkylation sites (tertiary alicyclic amines) is 1.